The third-order valence-electron chi connectivity index (χ3n) is 3.08. The molecule has 0 spiro atoms. The molecule has 0 aliphatic carbocycles. The lowest BCUT2D eigenvalue weighted by Crippen LogP contribution is -2.37. The van der Waals surface area contributed by atoms with Crippen LogP contribution in [0.15, 0.2) is 18.2 Å². The van der Waals surface area contributed by atoms with Gasteiger partial charge in [-0.15, -0.1) is 0 Å². The van der Waals surface area contributed by atoms with Gasteiger partial charge in [-0.3, -0.25) is 4.31 Å². The molecule has 0 aromatic heterocycles. The van der Waals surface area contributed by atoms with Crippen LogP contribution in [0.5, 0.6) is 0 Å². The molecule has 1 saturated heterocycles. The van der Waals surface area contributed by atoms with Crippen molar-refractivity contribution < 1.29 is 18.3 Å². The quantitative estimate of drug-likeness (QED) is 0.885. The molecule has 18 heavy (non-hydrogen) atoms. The fraction of sp³-hybridized carbons (Fsp3) is 0.417. The number of rotatable bonds is 2. The molecular formula is C12H15NO4S. The monoisotopic (exact) mass is 269 g/mol. The lowest BCUT2D eigenvalue weighted by molar-refractivity contribution is 0.0696. The van der Waals surface area contributed by atoms with Crippen LogP contribution in [-0.2, 0) is 10.0 Å². The van der Waals surface area contributed by atoms with E-state index in [1.165, 1.54) is 10.4 Å². The normalized spacial score (nSPS) is 18.6. The van der Waals surface area contributed by atoms with Crippen molar-refractivity contribution in [3.05, 3.63) is 29.3 Å². The van der Waals surface area contributed by atoms with Crippen LogP contribution in [-0.4, -0.2) is 31.8 Å². The molecule has 0 bridgehead atoms. The number of anilines is 1. The largest absolute Gasteiger partial charge is 0.478 e. The van der Waals surface area contributed by atoms with Crippen LogP contribution in [0.3, 0.4) is 0 Å². The Bertz CT molecular complexity index is 580. The van der Waals surface area contributed by atoms with Crippen molar-refractivity contribution in [2.75, 3.05) is 16.6 Å². The van der Waals surface area contributed by atoms with Crippen LogP contribution in [0.25, 0.3) is 0 Å². The molecule has 1 N–H and O–H groups in total. The molecule has 1 aromatic rings. The van der Waals surface area contributed by atoms with Crippen LogP contribution in [0.4, 0.5) is 5.69 Å². The number of carbonyl (C=O) groups is 1. The van der Waals surface area contributed by atoms with E-state index in [0.29, 0.717) is 24.2 Å². The number of aromatic carboxylic acids is 1. The molecule has 5 nitrogen and oxygen atoms in total. The molecule has 0 saturated carbocycles. The number of hydrogen-bond acceptors (Lipinski definition) is 3. The zero-order valence-corrected chi connectivity index (χ0v) is 10.9. The van der Waals surface area contributed by atoms with E-state index in [9.17, 15) is 13.2 Å². The van der Waals surface area contributed by atoms with Crippen molar-refractivity contribution in [3.63, 3.8) is 0 Å². The molecule has 0 amide bonds. The summed E-state index contributed by atoms with van der Waals surface area (Å²) in [6.07, 6.45) is 1.52. The van der Waals surface area contributed by atoms with E-state index in [1.54, 1.807) is 19.1 Å². The summed E-state index contributed by atoms with van der Waals surface area (Å²) in [5.41, 5.74) is 1.33. The first kappa shape index (κ1) is 12.9. The van der Waals surface area contributed by atoms with E-state index in [1.807, 2.05) is 0 Å². The molecule has 0 atom stereocenters. The second-order valence-electron chi connectivity index (χ2n) is 4.40. The third-order valence-corrected chi connectivity index (χ3v) is 4.95. The van der Waals surface area contributed by atoms with Gasteiger partial charge in [0.1, 0.15) is 0 Å². The maximum Gasteiger partial charge on any atom is 0.335 e. The number of sulfonamides is 1. The van der Waals surface area contributed by atoms with Crippen molar-refractivity contribution in [1.82, 2.24) is 0 Å². The zero-order valence-electron chi connectivity index (χ0n) is 10.1. The van der Waals surface area contributed by atoms with Gasteiger partial charge >= 0.3 is 5.97 Å². The second-order valence-corrected chi connectivity index (χ2v) is 6.41. The summed E-state index contributed by atoms with van der Waals surface area (Å²) in [5, 5.41) is 8.94. The van der Waals surface area contributed by atoms with Crippen molar-refractivity contribution in [2.24, 2.45) is 0 Å². The first-order chi connectivity index (χ1) is 8.42. The van der Waals surface area contributed by atoms with Crippen molar-refractivity contribution in [1.29, 1.82) is 0 Å². The number of nitrogens with zero attached hydrogens (tertiary/aromatic N) is 1. The molecule has 1 fully saturated rings. The van der Waals surface area contributed by atoms with Gasteiger partial charge in [0.25, 0.3) is 0 Å². The van der Waals surface area contributed by atoms with Crippen LogP contribution < -0.4 is 4.31 Å². The van der Waals surface area contributed by atoms with E-state index < -0.39 is 16.0 Å². The minimum atomic E-state index is -3.24. The number of benzene rings is 1. The van der Waals surface area contributed by atoms with Gasteiger partial charge in [-0.2, -0.15) is 0 Å². The maximum atomic E-state index is 11.9. The van der Waals surface area contributed by atoms with Crippen LogP contribution in [0, 0.1) is 6.92 Å². The Morgan fingerprint density at radius 3 is 2.61 bits per heavy atom. The summed E-state index contributed by atoms with van der Waals surface area (Å²) in [4.78, 5) is 10.9. The number of carboxylic acid groups (broad SMARTS) is 1. The summed E-state index contributed by atoms with van der Waals surface area (Å²) in [6, 6.07) is 4.63. The number of hydrogen-bond donors (Lipinski definition) is 1. The molecule has 1 heterocycles. The molecule has 2 rings (SSSR count). The Kier molecular flexibility index (Phi) is 3.30. The van der Waals surface area contributed by atoms with Gasteiger partial charge in [0.15, 0.2) is 0 Å². The first-order valence-electron chi connectivity index (χ1n) is 5.76. The maximum absolute atomic E-state index is 11.9. The van der Waals surface area contributed by atoms with E-state index >= 15 is 0 Å². The van der Waals surface area contributed by atoms with Gasteiger partial charge in [-0.1, -0.05) is 0 Å². The Labute approximate surface area is 106 Å². The first-order valence-corrected chi connectivity index (χ1v) is 7.37. The fourth-order valence-corrected chi connectivity index (χ4v) is 3.75. The Hall–Kier alpha value is -1.56. The highest BCUT2D eigenvalue weighted by Crippen LogP contribution is 2.25. The smallest absolute Gasteiger partial charge is 0.335 e. The summed E-state index contributed by atoms with van der Waals surface area (Å²) >= 11 is 0. The fourth-order valence-electron chi connectivity index (χ4n) is 2.12. The van der Waals surface area contributed by atoms with E-state index in [2.05, 4.69) is 0 Å². The Morgan fingerprint density at radius 1 is 1.33 bits per heavy atom. The molecule has 1 aromatic carbocycles. The minimum absolute atomic E-state index is 0.159. The van der Waals surface area contributed by atoms with Gasteiger partial charge in [-0.25, -0.2) is 13.2 Å². The van der Waals surface area contributed by atoms with E-state index in [-0.39, 0.29) is 11.3 Å². The van der Waals surface area contributed by atoms with Gasteiger partial charge in [0, 0.05) is 6.54 Å². The van der Waals surface area contributed by atoms with Crippen LogP contribution >= 0.6 is 0 Å². The topological polar surface area (TPSA) is 74.7 Å². The van der Waals surface area contributed by atoms with E-state index in [4.69, 9.17) is 5.11 Å². The Morgan fingerprint density at radius 2 is 2.06 bits per heavy atom. The van der Waals surface area contributed by atoms with Crippen molar-refractivity contribution >= 4 is 21.7 Å². The molecule has 98 valence electrons. The minimum Gasteiger partial charge on any atom is -0.478 e. The third kappa shape index (κ3) is 2.33. The Balaban J connectivity index is 2.40. The highest BCUT2D eigenvalue weighted by molar-refractivity contribution is 7.92. The molecule has 6 heteroatoms. The predicted molar refractivity (Wildman–Crippen MR) is 68.5 cm³/mol. The van der Waals surface area contributed by atoms with Crippen molar-refractivity contribution in [3.8, 4) is 0 Å². The van der Waals surface area contributed by atoms with Crippen LogP contribution in [0.2, 0.25) is 0 Å². The number of carboxylic acids is 1. The average Bonchev–Trinajstić information content (AvgIpc) is 2.27. The summed E-state index contributed by atoms with van der Waals surface area (Å²) in [6.45, 7) is 2.14. The molecule has 1 aliphatic heterocycles. The molecule has 1 aliphatic rings. The lowest BCUT2D eigenvalue weighted by Gasteiger charge is -2.28. The highest BCUT2D eigenvalue weighted by Gasteiger charge is 2.26. The van der Waals surface area contributed by atoms with Crippen molar-refractivity contribution in [2.45, 2.75) is 19.8 Å². The summed E-state index contributed by atoms with van der Waals surface area (Å²) in [7, 11) is -3.24. The number of aryl methyl sites for hydroxylation is 1. The highest BCUT2D eigenvalue weighted by atomic mass is 32.2. The standard InChI is InChI=1S/C12H15NO4S/c1-9-8-10(4-5-11(9)12(14)15)13-6-2-3-7-18(13,16)17/h4-5,8H,2-3,6-7H2,1H3,(H,14,15). The molecule has 0 unspecified atom stereocenters. The summed E-state index contributed by atoms with van der Waals surface area (Å²) in [5.74, 6) is -0.840. The zero-order chi connectivity index (χ0) is 13.3. The SMILES string of the molecule is Cc1cc(N2CCCCS2(=O)=O)ccc1C(=O)O. The lowest BCUT2D eigenvalue weighted by atomic mass is 10.1. The average molecular weight is 269 g/mol. The van der Waals surface area contributed by atoms with Gasteiger partial charge in [-0.05, 0) is 43.5 Å². The van der Waals surface area contributed by atoms with Crippen LogP contribution in [0.1, 0.15) is 28.8 Å². The molecule has 0 radical (unpaired) electrons. The van der Waals surface area contributed by atoms with Gasteiger partial charge in [0.05, 0.1) is 17.0 Å². The predicted octanol–water partition coefficient (Wildman–Crippen LogP) is 1.62. The summed E-state index contributed by atoms with van der Waals surface area (Å²) < 4.78 is 25.2. The van der Waals surface area contributed by atoms with E-state index in [0.717, 1.165) is 6.42 Å². The van der Waals surface area contributed by atoms with Gasteiger partial charge < -0.3 is 5.11 Å². The van der Waals surface area contributed by atoms with Gasteiger partial charge in [0.2, 0.25) is 10.0 Å². The second kappa shape index (κ2) is 4.61. The molecular weight excluding hydrogens is 254 g/mol.